The van der Waals surface area contributed by atoms with E-state index in [1.165, 1.54) is 0 Å². The van der Waals surface area contributed by atoms with Crippen molar-refractivity contribution < 1.29 is 0 Å². The maximum Gasteiger partial charge on any atom is 0.168 e. The Morgan fingerprint density at radius 3 is 2.43 bits per heavy atom. The number of hydrogen-bond donors (Lipinski definition) is 0. The summed E-state index contributed by atoms with van der Waals surface area (Å²) in [6.45, 7) is 12.1. The Morgan fingerprint density at radius 1 is 1.10 bits per heavy atom. The summed E-state index contributed by atoms with van der Waals surface area (Å²) in [7, 11) is 2.19. The van der Waals surface area contributed by atoms with Crippen LogP contribution in [0.2, 0.25) is 0 Å². The highest BCUT2D eigenvalue weighted by molar-refractivity contribution is 4.94. The Kier molecular flexibility index (Phi) is 6.11. The van der Waals surface area contributed by atoms with Crippen LogP contribution in [-0.2, 0) is 6.54 Å². The zero-order valence-electron chi connectivity index (χ0n) is 14.0. The fourth-order valence-corrected chi connectivity index (χ4v) is 2.87. The molecule has 0 bridgehead atoms. The van der Waals surface area contributed by atoms with Crippen LogP contribution in [0, 0.1) is 5.92 Å². The molecule has 120 valence electrons. The summed E-state index contributed by atoms with van der Waals surface area (Å²) in [5.41, 5.74) is 0. The van der Waals surface area contributed by atoms with E-state index < -0.39 is 0 Å². The number of rotatable bonds is 7. The highest BCUT2D eigenvalue weighted by atomic mass is 15.5. The molecule has 6 nitrogen and oxygen atoms in total. The van der Waals surface area contributed by atoms with Crippen molar-refractivity contribution in [3.05, 3.63) is 5.82 Å². The van der Waals surface area contributed by atoms with Crippen LogP contribution >= 0.6 is 0 Å². The fraction of sp³-hybridized carbons (Fsp3) is 0.933. The molecule has 0 N–H and O–H groups in total. The molecular weight excluding hydrogens is 264 g/mol. The maximum atomic E-state index is 4.35. The first kappa shape index (κ1) is 16.4. The van der Waals surface area contributed by atoms with Crippen LogP contribution in [0.25, 0.3) is 0 Å². The molecule has 0 spiro atoms. The first-order valence-electron chi connectivity index (χ1n) is 8.30. The van der Waals surface area contributed by atoms with E-state index in [4.69, 9.17) is 0 Å². The van der Waals surface area contributed by atoms with Gasteiger partial charge in [-0.25, -0.2) is 4.68 Å². The lowest BCUT2D eigenvalue weighted by molar-refractivity contribution is 0.0992. The van der Waals surface area contributed by atoms with Crippen LogP contribution in [0.5, 0.6) is 0 Å². The van der Waals surface area contributed by atoms with Crippen molar-refractivity contribution in [1.29, 1.82) is 0 Å². The van der Waals surface area contributed by atoms with E-state index in [-0.39, 0.29) is 0 Å². The van der Waals surface area contributed by atoms with Crippen LogP contribution in [-0.4, -0.2) is 63.2 Å². The van der Waals surface area contributed by atoms with Gasteiger partial charge >= 0.3 is 0 Å². The number of aromatic nitrogens is 4. The quantitative estimate of drug-likeness (QED) is 0.767. The van der Waals surface area contributed by atoms with Crippen LogP contribution in [0.15, 0.2) is 0 Å². The molecule has 0 amide bonds. The van der Waals surface area contributed by atoms with Gasteiger partial charge in [0.05, 0.1) is 6.04 Å². The molecule has 1 aromatic heterocycles. The van der Waals surface area contributed by atoms with Gasteiger partial charge in [-0.05, 0) is 36.2 Å². The number of piperazine rings is 1. The van der Waals surface area contributed by atoms with Gasteiger partial charge in [0, 0.05) is 32.7 Å². The second-order valence-corrected chi connectivity index (χ2v) is 6.59. The van der Waals surface area contributed by atoms with Crippen LogP contribution in [0.3, 0.4) is 0 Å². The van der Waals surface area contributed by atoms with Crippen LogP contribution in [0.1, 0.15) is 51.9 Å². The smallest absolute Gasteiger partial charge is 0.168 e. The second kappa shape index (κ2) is 7.84. The molecule has 1 saturated heterocycles. The molecule has 0 aromatic carbocycles. The molecule has 1 aliphatic heterocycles. The zero-order chi connectivity index (χ0) is 15.2. The number of tetrazole rings is 1. The normalized spacial score (nSPS) is 19.3. The molecule has 6 heteroatoms. The van der Waals surface area contributed by atoms with Crippen molar-refractivity contribution in [1.82, 2.24) is 30.0 Å². The minimum Gasteiger partial charge on any atom is -0.304 e. The van der Waals surface area contributed by atoms with E-state index in [1.807, 2.05) is 4.68 Å². The molecule has 2 heterocycles. The van der Waals surface area contributed by atoms with Crippen molar-refractivity contribution in [2.75, 3.05) is 33.2 Å². The lowest BCUT2D eigenvalue weighted by Crippen LogP contribution is -2.46. The zero-order valence-corrected chi connectivity index (χ0v) is 14.0. The van der Waals surface area contributed by atoms with E-state index in [1.54, 1.807) is 0 Å². The first-order chi connectivity index (χ1) is 10.1. The van der Waals surface area contributed by atoms with Crippen LogP contribution < -0.4 is 0 Å². The van der Waals surface area contributed by atoms with Gasteiger partial charge in [-0.2, -0.15) is 0 Å². The van der Waals surface area contributed by atoms with E-state index >= 15 is 0 Å². The molecule has 1 aliphatic rings. The lowest BCUT2D eigenvalue weighted by atomic mass is 10.1. The average Bonchev–Trinajstić information content (AvgIpc) is 2.92. The predicted molar refractivity (Wildman–Crippen MR) is 84.0 cm³/mol. The van der Waals surface area contributed by atoms with E-state index in [2.05, 4.69) is 53.1 Å². The van der Waals surface area contributed by atoms with Gasteiger partial charge in [0.1, 0.15) is 0 Å². The lowest BCUT2D eigenvalue weighted by Gasteiger charge is -2.37. The maximum absolute atomic E-state index is 4.35. The third kappa shape index (κ3) is 4.48. The van der Waals surface area contributed by atoms with Crippen molar-refractivity contribution in [2.24, 2.45) is 5.92 Å². The topological polar surface area (TPSA) is 50.1 Å². The standard InChI is InChI=1S/C15H30N6/c1-5-6-14(20-11-9-19(4)10-12-20)15-16-17-18-21(15)8-7-13(2)3/h13-14H,5-12H2,1-4H3/t14-/m0/s1. The molecule has 0 aliphatic carbocycles. The number of aryl methyl sites for hydroxylation is 1. The highest BCUT2D eigenvalue weighted by Crippen LogP contribution is 2.25. The Labute approximate surface area is 128 Å². The van der Waals surface area contributed by atoms with Crippen LogP contribution in [0.4, 0.5) is 0 Å². The largest absolute Gasteiger partial charge is 0.304 e. The molecule has 0 unspecified atom stereocenters. The molecule has 21 heavy (non-hydrogen) atoms. The third-order valence-corrected chi connectivity index (χ3v) is 4.32. The Bertz CT molecular complexity index is 408. The summed E-state index contributed by atoms with van der Waals surface area (Å²) in [4.78, 5) is 4.95. The molecule has 0 saturated carbocycles. The van der Waals surface area contributed by atoms with Crippen molar-refractivity contribution in [2.45, 2.75) is 52.6 Å². The van der Waals surface area contributed by atoms with Gasteiger partial charge in [-0.1, -0.05) is 27.2 Å². The van der Waals surface area contributed by atoms with Crippen molar-refractivity contribution >= 4 is 0 Å². The minimum absolute atomic E-state index is 0.367. The molecule has 1 fully saturated rings. The fourth-order valence-electron chi connectivity index (χ4n) is 2.87. The van der Waals surface area contributed by atoms with Gasteiger partial charge in [-0.15, -0.1) is 5.10 Å². The van der Waals surface area contributed by atoms with Gasteiger partial charge in [0.15, 0.2) is 5.82 Å². The SMILES string of the molecule is CCC[C@@H](c1nnnn1CCC(C)C)N1CCN(C)CC1. The molecular formula is C15H30N6. The number of nitrogens with zero attached hydrogens (tertiary/aromatic N) is 6. The summed E-state index contributed by atoms with van der Waals surface area (Å²) in [6.07, 6.45) is 3.42. The Hall–Kier alpha value is -1.01. The Morgan fingerprint density at radius 2 is 1.81 bits per heavy atom. The Balaban J connectivity index is 2.08. The summed E-state index contributed by atoms with van der Waals surface area (Å²) in [5.74, 6) is 1.73. The summed E-state index contributed by atoms with van der Waals surface area (Å²) < 4.78 is 2.03. The second-order valence-electron chi connectivity index (χ2n) is 6.59. The number of likely N-dealkylation sites (N-methyl/N-ethyl adjacent to an activating group) is 1. The predicted octanol–water partition coefficient (Wildman–Crippen LogP) is 1.81. The van der Waals surface area contributed by atoms with E-state index in [9.17, 15) is 0 Å². The average molecular weight is 294 g/mol. The van der Waals surface area contributed by atoms with Gasteiger partial charge in [0.25, 0.3) is 0 Å². The molecule has 1 aromatic rings. The van der Waals surface area contributed by atoms with Gasteiger partial charge in [0.2, 0.25) is 0 Å². The van der Waals surface area contributed by atoms with E-state index in [0.29, 0.717) is 12.0 Å². The summed E-state index contributed by atoms with van der Waals surface area (Å²) in [5, 5.41) is 12.5. The monoisotopic (exact) mass is 294 g/mol. The van der Waals surface area contributed by atoms with Gasteiger partial charge in [-0.3, -0.25) is 4.90 Å². The first-order valence-corrected chi connectivity index (χ1v) is 8.30. The summed E-state index contributed by atoms with van der Waals surface area (Å²) >= 11 is 0. The minimum atomic E-state index is 0.367. The van der Waals surface area contributed by atoms with Crippen molar-refractivity contribution in [3.8, 4) is 0 Å². The highest BCUT2D eigenvalue weighted by Gasteiger charge is 2.27. The van der Waals surface area contributed by atoms with Gasteiger partial charge < -0.3 is 4.90 Å². The molecule has 2 rings (SSSR count). The number of hydrogen-bond acceptors (Lipinski definition) is 5. The third-order valence-electron chi connectivity index (χ3n) is 4.32. The van der Waals surface area contributed by atoms with E-state index in [0.717, 1.165) is 57.8 Å². The van der Waals surface area contributed by atoms with Crippen molar-refractivity contribution in [3.63, 3.8) is 0 Å². The summed E-state index contributed by atoms with van der Waals surface area (Å²) in [6, 6.07) is 0.367. The molecule has 0 radical (unpaired) electrons. The molecule has 1 atom stereocenters.